The summed E-state index contributed by atoms with van der Waals surface area (Å²) >= 11 is 40.9. The van der Waals surface area contributed by atoms with Crippen LogP contribution < -0.4 is 0 Å². The largest absolute Gasteiger partial charge is 0.265 e. The third-order valence-corrected chi connectivity index (χ3v) is 10.2. The lowest BCUT2D eigenvalue weighted by atomic mass is 9.97. The Bertz CT molecular complexity index is 452. The van der Waals surface area contributed by atoms with Crippen molar-refractivity contribution < 1.29 is 0 Å². The Balaban J connectivity index is 0.000000550. The molecular formula is C27H44Cl7N. The fourth-order valence-electron chi connectivity index (χ4n) is 3.66. The highest BCUT2D eigenvalue weighted by Gasteiger charge is 2.46. The van der Waals surface area contributed by atoms with Crippen molar-refractivity contribution >= 4 is 81.2 Å². The Morgan fingerprint density at radius 1 is 0.457 bits per heavy atom. The van der Waals surface area contributed by atoms with E-state index >= 15 is 0 Å². The summed E-state index contributed by atoms with van der Waals surface area (Å²) < 4.78 is 0. The van der Waals surface area contributed by atoms with Gasteiger partial charge in [0.1, 0.15) is 0 Å². The van der Waals surface area contributed by atoms with Crippen LogP contribution in [0.5, 0.6) is 0 Å². The van der Waals surface area contributed by atoms with E-state index in [0.717, 1.165) is 5.88 Å². The summed E-state index contributed by atoms with van der Waals surface area (Å²) in [6.07, 6.45) is 23.3. The van der Waals surface area contributed by atoms with Gasteiger partial charge in [0.25, 0.3) is 0 Å². The molecular weight excluding hydrogens is 586 g/mol. The number of alkyl halides is 7. The van der Waals surface area contributed by atoms with Crippen molar-refractivity contribution in [2.24, 2.45) is 0 Å². The summed E-state index contributed by atoms with van der Waals surface area (Å²) in [5.41, 5.74) is 0. The number of unbranched alkanes of at least 4 members (excludes halogenated alkanes) is 13. The van der Waals surface area contributed by atoms with Gasteiger partial charge >= 0.3 is 0 Å². The van der Waals surface area contributed by atoms with Crippen LogP contribution in [0.15, 0.2) is 30.6 Å². The van der Waals surface area contributed by atoms with E-state index in [1.54, 1.807) is 12.4 Å². The first kappa shape index (κ1) is 36.2. The SMILES string of the molecule is CCCCCCCCCCCCCCCCCl.ClC1C(Cl)C(Cl)C(Cl)C(Cl)C1Cl.c1ccncc1. The van der Waals surface area contributed by atoms with Crippen LogP contribution in [-0.4, -0.2) is 43.1 Å². The number of aromatic nitrogens is 1. The van der Waals surface area contributed by atoms with Gasteiger partial charge < -0.3 is 0 Å². The second-order valence-electron chi connectivity index (χ2n) is 8.98. The molecule has 1 nitrogen and oxygen atoms in total. The van der Waals surface area contributed by atoms with Crippen molar-refractivity contribution in [3.63, 3.8) is 0 Å². The second-order valence-corrected chi connectivity index (χ2v) is 12.4. The molecule has 1 fully saturated rings. The van der Waals surface area contributed by atoms with Crippen molar-refractivity contribution in [2.75, 3.05) is 5.88 Å². The van der Waals surface area contributed by atoms with E-state index in [4.69, 9.17) is 81.2 Å². The number of pyridine rings is 1. The molecule has 0 amide bonds. The predicted molar refractivity (Wildman–Crippen MR) is 163 cm³/mol. The van der Waals surface area contributed by atoms with Gasteiger partial charge in [0.05, 0.1) is 32.3 Å². The first-order valence-electron chi connectivity index (χ1n) is 13.1. The second kappa shape index (κ2) is 25.5. The summed E-state index contributed by atoms with van der Waals surface area (Å²) in [5.74, 6) is 0.845. The summed E-state index contributed by atoms with van der Waals surface area (Å²) in [5, 5.41) is -2.62. The molecule has 0 spiro atoms. The summed E-state index contributed by atoms with van der Waals surface area (Å²) in [7, 11) is 0. The van der Waals surface area contributed by atoms with Crippen LogP contribution in [0, 0.1) is 0 Å². The third kappa shape index (κ3) is 19.0. The molecule has 8 heteroatoms. The Labute approximate surface area is 250 Å². The third-order valence-electron chi connectivity index (χ3n) is 5.88. The van der Waals surface area contributed by atoms with Crippen molar-refractivity contribution in [1.82, 2.24) is 4.98 Å². The summed E-state index contributed by atoms with van der Waals surface area (Å²) in [6, 6.07) is 5.72. The molecule has 0 aliphatic heterocycles. The van der Waals surface area contributed by atoms with Gasteiger partial charge in [-0.2, -0.15) is 0 Å². The number of nitrogens with zero attached hydrogens (tertiary/aromatic N) is 1. The van der Waals surface area contributed by atoms with Crippen LogP contribution in [0.2, 0.25) is 0 Å². The minimum absolute atomic E-state index is 0.437. The number of rotatable bonds is 14. The smallest absolute Gasteiger partial charge is 0.0693 e. The molecule has 0 N–H and O–H groups in total. The fourth-order valence-corrected chi connectivity index (χ4v) is 6.17. The average molecular weight is 631 g/mol. The zero-order chi connectivity index (χ0) is 26.3. The minimum Gasteiger partial charge on any atom is -0.265 e. The van der Waals surface area contributed by atoms with E-state index in [2.05, 4.69) is 11.9 Å². The topological polar surface area (TPSA) is 12.9 Å². The highest BCUT2D eigenvalue weighted by atomic mass is 35.5. The normalized spacial score (nSPS) is 25.7. The minimum atomic E-state index is -0.437. The predicted octanol–water partition coefficient (Wildman–Crippen LogP) is 11.4. The van der Waals surface area contributed by atoms with E-state index in [-0.39, 0.29) is 0 Å². The Morgan fingerprint density at radius 2 is 0.743 bits per heavy atom. The van der Waals surface area contributed by atoms with Crippen LogP contribution in [0.3, 0.4) is 0 Å². The maximum absolute atomic E-state index is 5.88. The van der Waals surface area contributed by atoms with Crippen molar-refractivity contribution in [2.45, 2.75) is 129 Å². The molecule has 35 heavy (non-hydrogen) atoms. The zero-order valence-corrected chi connectivity index (χ0v) is 26.3. The zero-order valence-electron chi connectivity index (χ0n) is 21.1. The molecule has 1 aliphatic rings. The lowest BCUT2D eigenvalue weighted by Crippen LogP contribution is -2.52. The van der Waals surface area contributed by atoms with Crippen LogP contribution >= 0.6 is 81.2 Å². The van der Waals surface area contributed by atoms with Gasteiger partial charge in [-0.1, -0.05) is 96.5 Å². The van der Waals surface area contributed by atoms with Gasteiger partial charge in [-0.3, -0.25) is 4.98 Å². The standard InChI is InChI=1S/C16H33Cl.C6H6Cl6.C5H5N/c1-2-3-4-5-6-7-8-9-10-11-12-13-14-15-16-17;7-1-2(8)4(10)6(12)5(11)3(1)9;1-2-4-6-5-3-1/h2-16H2,1H3;1-6H;1-5H. The lowest BCUT2D eigenvalue weighted by molar-refractivity contribution is 0.538. The van der Waals surface area contributed by atoms with Crippen molar-refractivity contribution in [1.29, 1.82) is 0 Å². The van der Waals surface area contributed by atoms with Crippen molar-refractivity contribution in [3.05, 3.63) is 30.6 Å². The Hall–Kier alpha value is 1.18. The highest BCUT2D eigenvalue weighted by molar-refractivity contribution is 6.45. The van der Waals surface area contributed by atoms with Crippen LogP contribution in [-0.2, 0) is 0 Å². The number of hydrogen-bond donors (Lipinski definition) is 0. The van der Waals surface area contributed by atoms with E-state index in [9.17, 15) is 0 Å². The van der Waals surface area contributed by atoms with Gasteiger partial charge in [-0.05, 0) is 18.6 Å². The maximum atomic E-state index is 5.88. The van der Waals surface area contributed by atoms with Crippen molar-refractivity contribution in [3.8, 4) is 0 Å². The quantitative estimate of drug-likeness (QED) is 0.147. The van der Waals surface area contributed by atoms with Gasteiger partial charge in [0.15, 0.2) is 0 Å². The molecule has 1 saturated carbocycles. The molecule has 0 radical (unpaired) electrons. The monoisotopic (exact) mass is 627 g/mol. The van der Waals surface area contributed by atoms with Gasteiger partial charge in [0, 0.05) is 18.3 Å². The molecule has 0 bridgehead atoms. The molecule has 1 aliphatic carbocycles. The van der Waals surface area contributed by atoms with E-state index < -0.39 is 32.3 Å². The Morgan fingerprint density at radius 3 is 0.943 bits per heavy atom. The summed E-state index contributed by atoms with van der Waals surface area (Å²) in [6.45, 7) is 2.28. The summed E-state index contributed by atoms with van der Waals surface area (Å²) in [4.78, 5) is 3.78. The van der Waals surface area contributed by atoms with E-state index in [0.29, 0.717) is 0 Å². The molecule has 206 valence electrons. The molecule has 0 saturated heterocycles. The molecule has 0 unspecified atom stereocenters. The van der Waals surface area contributed by atoms with Gasteiger partial charge in [-0.15, -0.1) is 81.2 Å². The number of halogens is 7. The molecule has 2 rings (SSSR count). The first-order chi connectivity index (χ1) is 16.9. The molecule has 1 heterocycles. The molecule has 1 aromatic rings. The van der Waals surface area contributed by atoms with Gasteiger partial charge in [0.2, 0.25) is 0 Å². The highest BCUT2D eigenvalue weighted by Crippen LogP contribution is 2.39. The van der Waals surface area contributed by atoms with E-state index in [1.807, 2.05) is 18.2 Å². The fraction of sp³-hybridized carbons (Fsp3) is 0.815. The lowest BCUT2D eigenvalue weighted by Gasteiger charge is -2.37. The van der Waals surface area contributed by atoms with E-state index in [1.165, 1.54) is 89.9 Å². The van der Waals surface area contributed by atoms with Crippen LogP contribution in [0.25, 0.3) is 0 Å². The van der Waals surface area contributed by atoms with Crippen LogP contribution in [0.1, 0.15) is 96.8 Å². The number of hydrogen-bond acceptors (Lipinski definition) is 1. The maximum Gasteiger partial charge on any atom is 0.0693 e. The Kier molecular flexibility index (Phi) is 26.3. The van der Waals surface area contributed by atoms with Gasteiger partial charge in [-0.25, -0.2) is 0 Å². The molecule has 0 atom stereocenters. The average Bonchev–Trinajstić information content (AvgIpc) is 2.89. The molecule has 1 aromatic heterocycles. The van der Waals surface area contributed by atoms with Crippen LogP contribution in [0.4, 0.5) is 0 Å². The molecule has 0 aromatic carbocycles. The first-order valence-corrected chi connectivity index (χ1v) is 16.3.